The summed E-state index contributed by atoms with van der Waals surface area (Å²) in [6.45, 7) is 12.0. The second-order valence-corrected chi connectivity index (χ2v) is 16.1. The maximum atomic E-state index is 12.3. The molecule has 0 fully saturated rings. The van der Waals surface area contributed by atoms with Gasteiger partial charge < -0.3 is 19.4 Å². The van der Waals surface area contributed by atoms with Crippen molar-refractivity contribution in [1.29, 1.82) is 5.26 Å². The van der Waals surface area contributed by atoms with Gasteiger partial charge in [0.2, 0.25) is 0 Å². The Kier molecular flexibility index (Phi) is 5.28. The zero-order chi connectivity index (χ0) is 24.3. The summed E-state index contributed by atoms with van der Waals surface area (Å²) in [6.07, 6.45) is 5.77. The van der Waals surface area contributed by atoms with Crippen LogP contribution in [0.15, 0.2) is 36.5 Å². The molecule has 0 saturated carbocycles. The molecule has 2 aromatic carbocycles. The van der Waals surface area contributed by atoms with E-state index in [0.29, 0.717) is 23.5 Å². The minimum atomic E-state index is -1.43. The van der Waals surface area contributed by atoms with Crippen LogP contribution in [0.25, 0.3) is 28.0 Å². The number of imidazole rings is 1. The summed E-state index contributed by atoms with van der Waals surface area (Å²) < 4.78 is 8.08. The minimum absolute atomic E-state index is 0.284. The SMILES string of the molecule is Cc1cc(C)c2[nH]cc3c2c1C(O)(c1nc2cc(C#N)ccc2n1COCC[Si](C)(C)C)C=C3. The lowest BCUT2D eigenvalue weighted by Crippen LogP contribution is -2.32. The van der Waals surface area contributed by atoms with E-state index in [9.17, 15) is 10.4 Å². The van der Waals surface area contributed by atoms with Gasteiger partial charge in [0.15, 0.2) is 11.4 Å². The molecule has 34 heavy (non-hydrogen) atoms. The number of H-pyrrole nitrogens is 1. The lowest BCUT2D eigenvalue weighted by Gasteiger charge is -2.31. The number of fused-ring (bicyclic) bond motifs is 1. The van der Waals surface area contributed by atoms with Crippen molar-refractivity contribution >= 4 is 36.1 Å². The first-order chi connectivity index (χ1) is 16.1. The number of aliphatic hydroxyl groups is 1. The highest BCUT2D eigenvalue weighted by Crippen LogP contribution is 2.44. The van der Waals surface area contributed by atoms with Crippen LogP contribution in [0.2, 0.25) is 25.7 Å². The van der Waals surface area contributed by atoms with Crippen LogP contribution in [-0.2, 0) is 17.1 Å². The molecule has 1 aliphatic rings. The van der Waals surface area contributed by atoms with Gasteiger partial charge in [0, 0.05) is 37.3 Å². The molecule has 2 N–H and O–H groups in total. The van der Waals surface area contributed by atoms with Crippen LogP contribution in [0, 0.1) is 25.2 Å². The fourth-order valence-electron chi connectivity index (χ4n) is 4.94. The van der Waals surface area contributed by atoms with Gasteiger partial charge in [-0.05, 0) is 60.9 Å². The van der Waals surface area contributed by atoms with Crippen LogP contribution in [-0.4, -0.2) is 34.3 Å². The standard InChI is InChI=1S/C27H30N4O2Si/c1-17-12-18(2)25-23-20(15-29-25)8-9-27(32,24(17)23)26-30-21-13-19(14-28)6-7-22(21)31(26)16-33-10-11-34(3,4)5/h6-9,12-13,15,29,32H,10-11,16H2,1-5H3. The molecule has 2 aromatic heterocycles. The molecule has 1 unspecified atom stereocenters. The number of aromatic nitrogens is 3. The molecule has 174 valence electrons. The first-order valence-electron chi connectivity index (χ1n) is 11.6. The molecule has 0 bridgehead atoms. The van der Waals surface area contributed by atoms with Crippen LogP contribution in [0.1, 0.15) is 33.6 Å². The normalized spacial score (nSPS) is 17.6. The molecule has 4 aromatic rings. The van der Waals surface area contributed by atoms with Crippen LogP contribution in [0.3, 0.4) is 0 Å². The molecule has 0 amide bonds. The van der Waals surface area contributed by atoms with Crippen molar-refractivity contribution in [2.24, 2.45) is 0 Å². The summed E-state index contributed by atoms with van der Waals surface area (Å²) in [7, 11) is -1.23. The summed E-state index contributed by atoms with van der Waals surface area (Å²) in [5.74, 6) is 0.502. The monoisotopic (exact) mass is 470 g/mol. The Morgan fingerprint density at radius 2 is 2.00 bits per heavy atom. The predicted molar refractivity (Wildman–Crippen MR) is 138 cm³/mol. The van der Waals surface area contributed by atoms with Crippen LogP contribution >= 0.6 is 0 Å². The van der Waals surface area contributed by atoms with Crippen LogP contribution in [0.4, 0.5) is 0 Å². The van der Waals surface area contributed by atoms with E-state index in [4.69, 9.17) is 9.72 Å². The quantitative estimate of drug-likeness (QED) is 0.284. The van der Waals surface area contributed by atoms with Crippen molar-refractivity contribution in [3.8, 4) is 6.07 Å². The number of ether oxygens (including phenoxy) is 1. The Balaban J connectivity index is 1.68. The number of nitriles is 1. The van der Waals surface area contributed by atoms with Crippen molar-refractivity contribution in [2.45, 2.75) is 51.9 Å². The Hall–Kier alpha value is -3.18. The van der Waals surface area contributed by atoms with Crippen molar-refractivity contribution in [3.63, 3.8) is 0 Å². The maximum Gasteiger partial charge on any atom is 0.167 e. The largest absolute Gasteiger partial charge is 0.373 e. The number of hydrogen-bond acceptors (Lipinski definition) is 4. The Labute approximate surface area is 200 Å². The van der Waals surface area contributed by atoms with Gasteiger partial charge in [-0.1, -0.05) is 31.8 Å². The van der Waals surface area contributed by atoms with E-state index >= 15 is 0 Å². The minimum Gasteiger partial charge on any atom is -0.373 e. The number of rotatable bonds is 6. The number of benzene rings is 2. The zero-order valence-electron chi connectivity index (χ0n) is 20.4. The summed E-state index contributed by atoms with van der Waals surface area (Å²) >= 11 is 0. The van der Waals surface area contributed by atoms with E-state index in [1.807, 2.05) is 35.9 Å². The zero-order valence-corrected chi connectivity index (χ0v) is 21.4. The molecular weight excluding hydrogens is 440 g/mol. The number of aromatic amines is 1. The second kappa shape index (κ2) is 7.95. The Morgan fingerprint density at radius 1 is 1.21 bits per heavy atom. The summed E-state index contributed by atoms with van der Waals surface area (Å²) in [5.41, 5.74) is 5.69. The van der Waals surface area contributed by atoms with Crippen LogP contribution < -0.4 is 0 Å². The van der Waals surface area contributed by atoms with Crippen molar-refractivity contribution in [3.05, 3.63) is 70.2 Å². The third kappa shape index (κ3) is 3.59. The summed E-state index contributed by atoms with van der Waals surface area (Å²) in [5, 5.41) is 22.7. The maximum absolute atomic E-state index is 12.3. The number of nitrogens with zero attached hydrogens (tertiary/aromatic N) is 3. The van der Waals surface area contributed by atoms with E-state index in [1.165, 1.54) is 0 Å². The van der Waals surface area contributed by atoms with E-state index < -0.39 is 13.7 Å². The smallest absolute Gasteiger partial charge is 0.167 e. The second-order valence-electron chi connectivity index (χ2n) is 10.5. The average Bonchev–Trinajstić information content (AvgIpc) is 3.37. The highest BCUT2D eigenvalue weighted by Gasteiger charge is 2.40. The van der Waals surface area contributed by atoms with Crippen molar-refractivity contribution < 1.29 is 9.84 Å². The van der Waals surface area contributed by atoms with Crippen molar-refractivity contribution in [1.82, 2.24) is 14.5 Å². The molecule has 1 aliphatic carbocycles. The number of hydrogen-bond donors (Lipinski definition) is 2. The molecule has 0 aliphatic heterocycles. The summed E-state index contributed by atoms with van der Waals surface area (Å²) in [4.78, 5) is 8.25. The van der Waals surface area contributed by atoms with Gasteiger partial charge in [0.1, 0.15) is 6.73 Å². The average molecular weight is 471 g/mol. The molecule has 1 atom stereocenters. The molecule has 0 saturated heterocycles. The Morgan fingerprint density at radius 3 is 2.74 bits per heavy atom. The first kappa shape index (κ1) is 22.6. The van der Waals surface area contributed by atoms with Gasteiger partial charge in [-0.2, -0.15) is 5.26 Å². The Bertz CT molecular complexity index is 1500. The molecule has 0 spiro atoms. The van der Waals surface area contributed by atoms with Gasteiger partial charge in [-0.15, -0.1) is 0 Å². The van der Waals surface area contributed by atoms with Gasteiger partial charge in [0.05, 0.1) is 22.7 Å². The predicted octanol–water partition coefficient (Wildman–Crippen LogP) is 5.58. The fourth-order valence-corrected chi connectivity index (χ4v) is 5.70. The van der Waals surface area contributed by atoms with Gasteiger partial charge >= 0.3 is 0 Å². The topological polar surface area (TPSA) is 86.9 Å². The van der Waals surface area contributed by atoms with E-state index in [-0.39, 0.29) is 6.73 Å². The first-order valence-corrected chi connectivity index (χ1v) is 15.3. The van der Waals surface area contributed by atoms with Crippen LogP contribution in [0.5, 0.6) is 0 Å². The highest BCUT2D eigenvalue weighted by atomic mass is 28.3. The van der Waals surface area contributed by atoms with Gasteiger partial charge in [0.25, 0.3) is 0 Å². The fraction of sp³-hybridized carbons (Fsp3) is 0.333. The molecule has 6 nitrogen and oxygen atoms in total. The third-order valence-corrected chi connectivity index (χ3v) is 8.41. The van der Waals surface area contributed by atoms with E-state index in [0.717, 1.165) is 44.7 Å². The summed E-state index contributed by atoms with van der Waals surface area (Å²) in [6, 6.07) is 10.8. The molecule has 2 heterocycles. The van der Waals surface area contributed by atoms with E-state index in [2.05, 4.69) is 43.7 Å². The van der Waals surface area contributed by atoms with Crippen molar-refractivity contribution in [2.75, 3.05) is 6.61 Å². The van der Waals surface area contributed by atoms with Gasteiger partial charge in [-0.25, -0.2) is 4.98 Å². The highest BCUT2D eigenvalue weighted by molar-refractivity contribution is 6.76. The number of aryl methyl sites for hydroxylation is 2. The number of nitrogens with one attached hydrogen (secondary N) is 1. The molecule has 0 radical (unpaired) electrons. The lowest BCUT2D eigenvalue weighted by molar-refractivity contribution is 0.0688. The van der Waals surface area contributed by atoms with Gasteiger partial charge in [-0.3, -0.25) is 0 Å². The molecular formula is C27H30N4O2Si. The molecule has 7 heteroatoms. The molecule has 5 rings (SSSR count). The van der Waals surface area contributed by atoms with E-state index in [1.54, 1.807) is 12.1 Å². The lowest BCUT2D eigenvalue weighted by atomic mass is 9.81. The third-order valence-electron chi connectivity index (χ3n) is 6.70.